The minimum Gasteiger partial charge on any atom is -0.325 e. The van der Waals surface area contributed by atoms with Crippen LogP contribution in [0.15, 0.2) is 60.7 Å². The number of amides is 2. The summed E-state index contributed by atoms with van der Waals surface area (Å²) in [4.78, 5) is 45.4. The first kappa shape index (κ1) is 23.0. The maximum absolute atomic E-state index is 14.8. The molecule has 4 aliphatic rings. The van der Waals surface area contributed by atoms with Gasteiger partial charge in [-0.3, -0.25) is 19.3 Å². The molecule has 2 spiro atoms. The Bertz CT molecular complexity index is 1560. The van der Waals surface area contributed by atoms with Crippen molar-refractivity contribution in [2.24, 2.45) is 5.92 Å². The predicted molar refractivity (Wildman–Crippen MR) is 142 cm³/mol. The molecular formula is C29H23Cl2N3O3. The molecule has 2 saturated heterocycles. The number of halogens is 2. The van der Waals surface area contributed by atoms with Gasteiger partial charge in [0.2, 0.25) is 11.8 Å². The van der Waals surface area contributed by atoms with Gasteiger partial charge in [-0.25, -0.2) is 0 Å². The summed E-state index contributed by atoms with van der Waals surface area (Å²) in [6.07, 6.45) is 1.51. The molecule has 37 heavy (non-hydrogen) atoms. The predicted octanol–water partition coefficient (Wildman–Crippen LogP) is 5.32. The van der Waals surface area contributed by atoms with Crippen LogP contribution in [0.2, 0.25) is 10.0 Å². The van der Waals surface area contributed by atoms with Crippen LogP contribution in [0.25, 0.3) is 0 Å². The van der Waals surface area contributed by atoms with Gasteiger partial charge in [-0.15, -0.1) is 0 Å². The Morgan fingerprint density at radius 3 is 2.51 bits per heavy atom. The van der Waals surface area contributed by atoms with E-state index in [1.807, 2.05) is 49.4 Å². The van der Waals surface area contributed by atoms with E-state index in [9.17, 15) is 14.4 Å². The van der Waals surface area contributed by atoms with Gasteiger partial charge in [0.25, 0.3) is 0 Å². The largest absolute Gasteiger partial charge is 0.325 e. The van der Waals surface area contributed by atoms with E-state index in [-0.39, 0.29) is 34.2 Å². The Morgan fingerprint density at radius 2 is 1.70 bits per heavy atom. The second-order valence-electron chi connectivity index (χ2n) is 10.4. The number of rotatable bonds is 2. The van der Waals surface area contributed by atoms with Crippen LogP contribution in [-0.4, -0.2) is 35.1 Å². The molecule has 4 aliphatic heterocycles. The molecule has 2 amide bonds. The molecule has 0 aliphatic carbocycles. The van der Waals surface area contributed by atoms with Crippen LogP contribution >= 0.6 is 23.2 Å². The fraction of sp³-hybridized carbons (Fsp3) is 0.276. The van der Waals surface area contributed by atoms with Crippen LogP contribution < -0.4 is 10.6 Å². The summed E-state index contributed by atoms with van der Waals surface area (Å²) in [5.41, 5.74) is 1.44. The van der Waals surface area contributed by atoms with Crippen molar-refractivity contribution < 1.29 is 14.4 Å². The van der Waals surface area contributed by atoms with Gasteiger partial charge in [0.05, 0.1) is 10.9 Å². The van der Waals surface area contributed by atoms with Gasteiger partial charge >= 0.3 is 0 Å². The Labute approximate surface area is 223 Å². The number of benzene rings is 3. The number of hydrogen-bond acceptors (Lipinski definition) is 4. The number of carbonyl (C=O) groups is 3. The molecule has 0 saturated carbocycles. The third-order valence-corrected chi connectivity index (χ3v) is 9.29. The third-order valence-electron chi connectivity index (χ3n) is 8.74. The fourth-order valence-corrected chi connectivity index (χ4v) is 8.01. The lowest BCUT2D eigenvalue weighted by Gasteiger charge is -2.38. The molecule has 8 heteroatoms. The minimum absolute atomic E-state index is 0.199. The number of fused-ring (bicyclic) bond motifs is 7. The van der Waals surface area contributed by atoms with Gasteiger partial charge in [-0.05, 0) is 62.2 Å². The van der Waals surface area contributed by atoms with Gasteiger partial charge in [0.15, 0.2) is 5.78 Å². The smallest absolute Gasteiger partial charge is 0.250 e. The highest BCUT2D eigenvalue weighted by molar-refractivity contribution is 6.37. The highest BCUT2D eigenvalue weighted by Gasteiger charge is 2.78. The fourth-order valence-electron chi connectivity index (χ4n) is 7.50. The van der Waals surface area contributed by atoms with Gasteiger partial charge in [0.1, 0.15) is 11.0 Å². The van der Waals surface area contributed by atoms with Gasteiger partial charge < -0.3 is 10.6 Å². The van der Waals surface area contributed by atoms with Crippen molar-refractivity contribution in [3.63, 3.8) is 0 Å². The molecule has 4 atom stereocenters. The summed E-state index contributed by atoms with van der Waals surface area (Å²) in [6.45, 7) is 2.56. The standard InChI is InChI=1S/C29H23Cl2N3O3/c1-15-8-11-22-19(13-15)29(27(37)33-22)25(24(35)17-10-9-16(30)14-20(17)31)28(23-7-4-12-34(23)29)18-5-2-3-6-21(18)32-26(28)36/h2-3,5-6,8-11,13-14,23,25H,4,7,12H2,1H3,(H,32,36)(H,33,37)/t23-,25-,28+,29-/m1/s1. The summed E-state index contributed by atoms with van der Waals surface area (Å²) >= 11 is 12.8. The highest BCUT2D eigenvalue weighted by atomic mass is 35.5. The maximum atomic E-state index is 14.8. The Kier molecular flexibility index (Phi) is 4.76. The van der Waals surface area contributed by atoms with Crippen LogP contribution in [-0.2, 0) is 20.5 Å². The van der Waals surface area contributed by atoms with E-state index in [2.05, 4.69) is 15.5 Å². The normalized spacial score (nSPS) is 29.4. The average molecular weight is 532 g/mol. The molecule has 2 fully saturated rings. The number of hydrogen-bond donors (Lipinski definition) is 2. The molecule has 4 heterocycles. The molecule has 0 radical (unpaired) electrons. The van der Waals surface area contributed by atoms with Gasteiger partial charge in [-0.2, -0.15) is 0 Å². The number of nitrogens with zero attached hydrogens (tertiary/aromatic N) is 1. The lowest BCUT2D eigenvalue weighted by atomic mass is 9.60. The zero-order valence-electron chi connectivity index (χ0n) is 20.0. The SMILES string of the molecule is Cc1ccc2c(c1)[C@]1(C(=O)N2)[C@H](C(=O)c2ccc(Cl)cc2Cl)[C@@]2(C(=O)Nc3ccccc32)[C@H]2CCCN21. The van der Waals surface area contributed by atoms with E-state index < -0.39 is 16.9 Å². The number of para-hydroxylation sites is 1. The van der Waals surface area contributed by atoms with Crippen LogP contribution in [0, 0.1) is 12.8 Å². The number of aryl methyl sites for hydroxylation is 1. The lowest BCUT2D eigenvalue weighted by Crippen LogP contribution is -2.55. The third kappa shape index (κ3) is 2.68. The first-order valence-corrected chi connectivity index (χ1v) is 13.2. The van der Waals surface area contributed by atoms with E-state index in [1.54, 1.807) is 12.1 Å². The number of nitrogens with one attached hydrogen (secondary N) is 2. The van der Waals surface area contributed by atoms with Crippen LogP contribution in [0.5, 0.6) is 0 Å². The molecule has 6 nitrogen and oxygen atoms in total. The second-order valence-corrected chi connectivity index (χ2v) is 11.3. The molecule has 3 aromatic rings. The van der Waals surface area contributed by atoms with E-state index >= 15 is 0 Å². The van der Waals surface area contributed by atoms with Crippen LogP contribution in [0.3, 0.4) is 0 Å². The van der Waals surface area contributed by atoms with E-state index in [0.717, 1.165) is 23.1 Å². The lowest BCUT2D eigenvalue weighted by molar-refractivity contribution is -0.128. The number of ketones is 1. The van der Waals surface area contributed by atoms with Crippen molar-refractivity contribution in [3.8, 4) is 0 Å². The average Bonchev–Trinajstić information content (AvgIpc) is 3.58. The van der Waals surface area contributed by atoms with Gasteiger partial charge in [0, 0.05) is 33.6 Å². The zero-order chi connectivity index (χ0) is 25.7. The summed E-state index contributed by atoms with van der Waals surface area (Å²) in [7, 11) is 0. The molecule has 0 aromatic heterocycles. The first-order valence-electron chi connectivity index (χ1n) is 12.4. The molecule has 7 rings (SSSR count). The monoisotopic (exact) mass is 531 g/mol. The second kappa shape index (κ2) is 7.67. The van der Waals surface area contributed by atoms with Crippen molar-refractivity contribution in [3.05, 3.63) is 93.0 Å². The Balaban J connectivity index is 1.60. The van der Waals surface area contributed by atoms with E-state index in [4.69, 9.17) is 23.2 Å². The summed E-state index contributed by atoms with van der Waals surface area (Å²) in [5, 5.41) is 6.72. The van der Waals surface area contributed by atoms with E-state index in [0.29, 0.717) is 29.4 Å². The minimum atomic E-state index is -1.36. The molecule has 0 bridgehead atoms. The summed E-state index contributed by atoms with van der Waals surface area (Å²) < 4.78 is 0. The van der Waals surface area contributed by atoms with Crippen LogP contribution in [0.1, 0.15) is 39.9 Å². The van der Waals surface area contributed by atoms with Crippen molar-refractivity contribution in [1.29, 1.82) is 0 Å². The van der Waals surface area contributed by atoms with E-state index in [1.165, 1.54) is 6.07 Å². The quantitative estimate of drug-likeness (QED) is 0.439. The van der Waals surface area contributed by atoms with Crippen LogP contribution in [0.4, 0.5) is 11.4 Å². The topological polar surface area (TPSA) is 78.5 Å². The molecular weight excluding hydrogens is 509 g/mol. The van der Waals surface area contributed by atoms with Crippen molar-refractivity contribution in [1.82, 2.24) is 4.90 Å². The zero-order valence-corrected chi connectivity index (χ0v) is 21.5. The molecule has 2 N–H and O–H groups in total. The number of anilines is 2. The maximum Gasteiger partial charge on any atom is 0.250 e. The van der Waals surface area contributed by atoms with Crippen molar-refractivity contribution >= 4 is 52.2 Å². The highest BCUT2D eigenvalue weighted by Crippen LogP contribution is 2.66. The van der Waals surface area contributed by atoms with Gasteiger partial charge in [-0.1, -0.05) is 59.1 Å². The van der Waals surface area contributed by atoms with Crippen molar-refractivity contribution in [2.45, 2.75) is 36.8 Å². The summed E-state index contributed by atoms with van der Waals surface area (Å²) in [5.74, 6) is -1.92. The molecule has 3 aromatic carbocycles. The van der Waals surface area contributed by atoms with Crippen molar-refractivity contribution in [2.75, 3.05) is 17.2 Å². The molecule has 186 valence electrons. The number of carbonyl (C=O) groups excluding carboxylic acids is 3. The first-order chi connectivity index (χ1) is 17.8. The number of Topliss-reactive ketones (excluding diaryl/α,β-unsaturated/α-hetero) is 1. The summed E-state index contributed by atoms with van der Waals surface area (Å²) in [6, 6.07) is 17.7. The Hall–Kier alpha value is -3.19. The molecule has 0 unspecified atom stereocenters. The Morgan fingerprint density at radius 1 is 0.946 bits per heavy atom.